The molecule has 4 nitrogen and oxygen atoms in total. The molecule has 0 saturated carbocycles. The molecular weight excluding hydrogens is 238 g/mol. The molecule has 0 fully saturated rings. The lowest BCUT2D eigenvalue weighted by atomic mass is 9.94. The number of aromatic nitrogens is 1. The number of carbonyl (C=O) groups excluding carboxylic acids is 1. The number of benzene rings is 1. The van der Waals surface area contributed by atoms with Crippen LogP contribution < -0.4 is 0 Å². The lowest BCUT2D eigenvalue weighted by Gasteiger charge is -2.23. The molecular formula is C15H17N3O. The van der Waals surface area contributed by atoms with Crippen molar-refractivity contribution >= 4 is 16.8 Å². The van der Waals surface area contributed by atoms with Crippen LogP contribution in [0.4, 0.5) is 0 Å². The highest BCUT2D eigenvalue weighted by molar-refractivity contribution is 5.86. The van der Waals surface area contributed by atoms with Gasteiger partial charge in [-0.05, 0) is 25.5 Å². The van der Waals surface area contributed by atoms with Gasteiger partial charge in [-0.15, -0.1) is 0 Å². The van der Waals surface area contributed by atoms with Gasteiger partial charge in [-0.2, -0.15) is 5.26 Å². The maximum Gasteiger partial charge on any atom is 0.242 e. The van der Waals surface area contributed by atoms with E-state index in [-0.39, 0.29) is 5.91 Å². The lowest BCUT2D eigenvalue weighted by Crippen LogP contribution is -2.37. The third-order valence-electron chi connectivity index (χ3n) is 3.24. The van der Waals surface area contributed by atoms with E-state index < -0.39 is 5.41 Å². The molecule has 19 heavy (non-hydrogen) atoms. The highest BCUT2D eigenvalue weighted by Gasteiger charge is 2.30. The largest absolute Gasteiger partial charge is 0.361 e. The van der Waals surface area contributed by atoms with Crippen LogP contribution in [-0.4, -0.2) is 22.8 Å². The Morgan fingerprint density at radius 3 is 2.79 bits per heavy atom. The number of fused-ring (bicyclic) bond motifs is 1. The fourth-order valence-corrected chi connectivity index (χ4v) is 2.11. The number of aromatic amines is 1. The van der Waals surface area contributed by atoms with Crippen LogP contribution in [0.15, 0.2) is 30.5 Å². The quantitative estimate of drug-likeness (QED) is 0.916. The van der Waals surface area contributed by atoms with Crippen molar-refractivity contribution < 1.29 is 4.79 Å². The summed E-state index contributed by atoms with van der Waals surface area (Å²) in [6, 6.07) is 10.0. The summed E-state index contributed by atoms with van der Waals surface area (Å²) in [6.45, 7) is 3.77. The van der Waals surface area contributed by atoms with Crippen molar-refractivity contribution in [3.8, 4) is 6.07 Å². The predicted octanol–water partition coefficient (Wildman–Crippen LogP) is 2.68. The standard InChI is InChI=1S/C15H17N3O/c1-15(2,10-16)14(19)18(3)9-11-8-17-13-7-5-4-6-12(11)13/h4-8,17H,9H2,1-3H3. The number of hydrogen-bond acceptors (Lipinski definition) is 2. The number of carbonyl (C=O) groups is 1. The summed E-state index contributed by atoms with van der Waals surface area (Å²) in [5, 5.41) is 10.1. The molecule has 1 heterocycles. The summed E-state index contributed by atoms with van der Waals surface area (Å²) in [4.78, 5) is 16.9. The van der Waals surface area contributed by atoms with Gasteiger partial charge < -0.3 is 9.88 Å². The SMILES string of the molecule is CN(Cc1c[nH]c2ccccc12)C(=O)C(C)(C)C#N. The first kappa shape index (κ1) is 13.2. The number of nitrogens with one attached hydrogen (secondary N) is 1. The van der Waals surface area contributed by atoms with Crippen LogP contribution in [0.25, 0.3) is 10.9 Å². The molecule has 2 aromatic rings. The van der Waals surface area contributed by atoms with E-state index in [2.05, 4.69) is 4.98 Å². The van der Waals surface area contributed by atoms with E-state index in [1.54, 1.807) is 25.8 Å². The van der Waals surface area contributed by atoms with E-state index in [0.29, 0.717) is 6.54 Å². The second-order valence-corrected chi connectivity index (χ2v) is 5.26. The van der Waals surface area contributed by atoms with E-state index >= 15 is 0 Å². The number of nitrogens with zero attached hydrogens (tertiary/aromatic N) is 2. The number of H-pyrrole nitrogens is 1. The van der Waals surface area contributed by atoms with Gasteiger partial charge in [-0.3, -0.25) is 4.79 Å². The van der Waals surface area contributed by atoms with Gasteiger partial charge in [0.15, 0.2) is 0 Å². The first-order valence-electron chi connectivity index (χ1n) is 6.17. The molecule has 0 aliphatic carbocycles. The molecule has 0 saturated heterocycles. The van der Waals surface area contributed by atoms with E-state index in [4.69, 9.17) is 5.26 Å². The van der Waals surface area contributed by atoms with Gasteiger partial charge in [-0.25, -0.2) is 0 Å². The minimum atomic E-state index is -0.985. The average Bonchev–Trinajstić information content (AvgIpc) is 2.81. The first-order valence-corrected chi connectivity index (χ1v) is 6.17. The molecule has 1 N–H and O–H groups in total. The van der Waals surface area contributed by atoms with Crippen molar-refractivity contribution in [2.24, 2.45) is 5.41 Å². The van der Waals surface area contributed by atoms with Gasteiger partial charge in [0.1, 0.15) is 5.41 Å². The third-order valence-corrected chi connectivity index (χ3v) is 3.24. The normalized spacial score (nSPS) is 11.3. The summed E-state index contributed by atoms with van der Waals surface area (Å²) < 4.78 is 0. The van der Waals surface area contributed by atoms with Gasteiger partial charge in [0.2, 0.25) is 5.91 Å². The van der Waals surface area contributed by atoms with Crippen molar-refractivity contribution in [3.05, 3.63) is 36.0 Å². The molecule has 4 heteroatoms. The fourth-order valence-electron chi connectivity index (χ4n) is 2.11. The van der Waals surface area contributed by atoms with Crippen molar-refractivity contribution in [2.45, 2.75) is 20.4 Å². The molecule has 0 spiro atoms. The number of nitriles is 1. The lowest BCUT2D eigenvalue weighted by molar-refractivity contribution is -0.136. The number of para-hydroxylation sites is 1. The number of hydrogen-bond donors (Lipinski definition) is 1. The summed E-state index contributed by atoms with van der Waals surface area (Å²) in [6.07, 6.45) is 1.91. The molecule has 98 valence electrons. The highest BCUT2D eigenvalue weighted by atomic mass is 16.2. The Bertz CT molecular complexity index is 649. The summed E-state index contributed by atoms with van der Waals surface area (Å²) in [5.41, 5.74) is 1.12. The Hall–Kier alpha value is -2.28. The van der Waals surface area contributed by atoms with Crippen LogP contribution in [-0.2, 0) is 11.3 Å². The van der Waals surface area contributed by atoms with Crippen LogP contribution in [0.3, 0.4) is 0 Å². The molecule has 0 aliphatic rings. The van der Waals surface area contributed by atoms with E-state index in [1.165, 1.54) is 0 Å². The van der Waals surface area contributed by atoms with Gasteiger partial charge in [0, 0.05) is 30.7 Å². The third kappa shape index (κ3) is 2.45. The van der Waals surface area contributed by atoms with Gasteiger partial charge in [0.25, 0.3) is 0 Å². The monoisotopic (exact) mass is 255 g/mol. The highest BCUT2D eigenvalue weighted by Crippen LogP contribution is 2.22. The Morgan fingerprint density at radius 2 is 2.11 bits per heavy atom. The molecule has 1 amide bonds. The second kappa shape index (κ2) is 4.77. The Labute approximate surface area is 112 Å². The van der Waals surface area contributed by atoms with Gasteiger partial charge in [-0.1, -0.05) is 18.2 Å². The molecule has 1 aromatic heterocycles. The van der Waals surface area contributed by atoms with E-state index in [0.717, 1.165) is 16.5 Å². The minimum Gasteiger partial charge on any atom is -0.361 e. The first-order chi connectivity index (χ1) is 8.95. The zero-order chi connectivity index (χ0) is 14.0. The number of amides is 1. The van der Waals surface area contributed by atoms with Gasteiger partial charge in [0.05, 0.1) is 6.07 Å². The van der Waals surface area contributed by atoms with Crippen LogP contribution >= 0.6 is 0 Å². The van der Waals surface area contributed by atoms with Crippen LogP contribution in [0, 0.1) is 16.7 Å². The fraction of sp³-hybridized carbons (Fsp3) is 0.333. The Balaban J connectivity index is 2.22. The summed E-state index contributed by atoms with van der Waals surface area (Å²) in [5.74, 6) is -0.166. The average molecular weight is 255 g/mol. The van der Waals surface area contributed by atoms with Crippen molar-refractivity contribution in [3.63, 3.8) is 0 Å². The molecule has 2 rings (SSSR count). The van der Waals surface area contributed by atoms with E-state index in [9.17, 15) is 4.79 Å². The van der Waals surface area contributed by atoms with E-state index in [1.807, 2.05) is 36.5 Å². The van der Waals surface area contributed by atoms with Crippen molar-refractivity contribution in [1.82, 2.24) is 9.88 Å². The molecule has 0 atom stereocenters. The molecule has 0 unspecified atom stereocenters. The maximum absolute atomic E-state index is 12.2. The van der Waals surface area contributed by atoms with Crippen molar-refractivity contribution in [1.29, 1.82) is 5.26 Å². The molecule has 0 aliphatic heterocycles. The maximum atomic E-state index is 12.2. The smallest absolute Gasteiger partial charge is 0.242 e. The van der Waals surface area contributed by atoms with Crippen LogP contribution in [0.5, 0.6) is 0 Å². The molecule has 1 aromatic carbocycles. The van der Waals surface area contributed by atoms with Crippen LogP contribution in [0.1, 0.15) is 19.4 Å². The number of rotatable bonds is 3. The van der Waals surface area contributed by atoms with Crippen LogP contribution in [0.2, 0.25) is 0 Å². The second-order valence-electron chi connectivity index (χ2n) is 5.26. The van der Waals surface area contributed by atoms with Crippen molar-refractivity contribution in [2.75, 3.05) is 7.05 Å². The topological polar surface area (TPSA) is 59.9 Å². The summed E-state index contributed by atoms with van der Waals surface area (Å²) >= 11 is 0. The summed E-state index contributed by atoms with van der Waals surface area (Å²) in [7, 11) is 1.73. The molecule has 0 radical (unpaired) electrons. The molecule has 0 bridgehead atoms. The van der Waals surface area contributed by atoms with Gasteiger partial charge >= 0.3 is 0 Å². The minimum absolute atomic E-state index is 0.166. The predicted molar refractivity (Wildman–Crippen MR) is 74.2 cm³/mol. The Morgan fingerprint density at radius 1 is 1.42 bits per heavy atom. The zero-order valence-electron chi connectivity index (χ0n) is 11.4. The zero-order valence-corrected chi connectivity index (χ0v) is 11.4. The Kier molecular flexibility index (Phi) is 3.30.